The molecule has 1 aliphatic heterocycles. The summed E-state index contributed by atoms with van der Waals surface area (Å²) in [7, 11) is 1.65. The van der Waals surface area contributed by atoms with Crippen LogP contribution in [0, 0.1) is 31.0 Å². The molecule has 1 aromatic carbocycles. The van der Waals surface area contributed by atoms with Gasteiger partial charge in [0.25, 0.3) is 0 Å². The summed E-state index contributed by atoms with van der Waals surface area (Å²) in [6, 6.07) is 4.70. The zero-order valence-electron chi connectivity index (χ0n) is 18.7. The van der Waals surface area contributed by atoms with Crippen molar-refractivity contribution < 1.29 is 18.7 Å². The number of benzene rings is 1. The number of aryl methyl sites for hydroxylation is 1. The number of aliphatic imine (C=N–C) groups is 1. The van der Waals surface area contributed by atoms with Crippen molar-refractivity contribution in [1.29, 1.82) is 0 Å². The minimum atomic E-state index is -0.831. The van der Waals surface area contributed by atoms with E-state index in [-0.39, 0.29) is 46.9 Å². The second kappa shape index (κ2) is 8.76. The Morgan fingerprint density at radius 1 is 1.45 bits per heavy atom. The Kier molecular flexibility index (Phi) is 6.16. The number of nitrogens with two attached hydrogens (primary N) is 1. The Hall–Kier alpha value is -2.96. The highest BCUT2D eigenvalue weighted by atomic mass is 32.2. The standard InChI is InChI=1S/C24H25FN4O3S/c1-5-8-32-20-12-27-21(14(2)28-20)18(30)10-15-6-7-17(25)16(9-15)23(3)19-11-24(19,13-31-4)33-22(26)29-23/h1,6-7,9,12,19H,8,10-11,13H2,2-4H3,(H2,26,29)/t19-,23+,24+/m0/s1. The molecule has 0 amide bonds. The number of terminal acetylenes is 1. The molecule has 0 saturated heterocycles. The predicted molar refractivity (Wildman–Crippen MR) is 125 cm³/mol. The number of halogens is 1. The Morgan fingerprint density at radius 3 is 2.94 bits per heavy atom. The first-order valence-corrected chi connectivity index (χ1v) is 11.3. The first-order valence-electron chi connectivity index (χ1n) is 10.5. The molecular weight excluding hydrogens is 443 g/mol. The fourth-order valence-electron chi connectivity index (χ4n) is 4.59. The molecule has 2 aliphatic rings. The van der Waals surface area contributed by atoms with Gasteiger partial charge < -0.3 is 15.2 Å². The number of hydrogen-bond donors (Lipinski definition) is 1. The van der Waals surface area contributed by atoms with Crippen molar-refractivity contribution in [2.24, 2.45) is 16.6 Å². The van der Waals surface area contributed by atoms with Gasteiger partial charge in [0, 0.05) is 25.0 Å². The van der Waals surface area contributed by atoms with Crippen molar-refractivity contribution >= 4 is 22.7 Å². The number of carbonyl (C=O) groups excluding carboxylic acids is 1. The normalized spacial score (nSPS) is 25.5. The topological polar surface area (TPSA) is 99.7 Å². The van der Waals surface area contributed by atoms with Gasteiger partial charge in [-0.25, -0.2) is 14.4 Å². The van der Waals surface area contributed by atoms with Crippen LogP contribution < -0.4 is 10.5 Å². The number of thioether (sulfide) groups is 1. The summed E-state index contributed by atoms with van der Waals surface area (Å²) in [5.74, 6) is 2.10. The zero-order valence-corrected chi connectivity index (χ0v) is 19.5. The molecule has 1 saturated carbocycles. The summed E-state index contributed by atoms with van der Waals surface area (Å²) >= 11 is 1.50. The number of fused-ring (bicyclic) bond motifs is 1. The molecule has 9 heteroatoms. The number of hydrogen-bond acceptors (Lipinski definition) is 8. The average molecular weight is 469 g/mol. The summed E-state index contributed by atoms with van der Waals surface area (Å²) in [6.07, 6.45) is 7.43. The first-order chi connectivity index (χ1) is 15.7. The van der Waals surface area contributed by atoms with E-state index in [1.54, 1.807) is 26.2 Å². The third-order valence-corrected chi connectivity index (χ3v) is 7.45. The van der Waals surface area contributed by atoms with Gasteiger partial charge in [-0.15, -0.1) is 6.42 Å². The number of nitrogens with zero attached hydrogens (tertiary/aromatic N) is 3. The van der Waals surface area contributed by atoms with Gasteiger partial charge in [-0.05, 0) is 38.0 Å². The fraction of sp³-hybridized carbons (Fsp3) is 0.417. The molecule has 1 aromatic heterocycles. The van der Waals surface area contributed by atoms with Crippen LogP contribution >= 0.6 is 11.8 Å². The Bertz CT molecular complexity index is 1180. The number of aromatic nitrogens is 2. The SMILES string of the molecule is C#CCOc1cnc(C(=O)Cc2ccc(F)c([C@@]3(C)N=C(N)S[C@@]4(COC)C[C@H]43)c2)c(C)n1. The number of amidine groups is 1. The molecule has 2 N–H and O–H groups in total. The van der Waals surface area contributed by atoms with Crippen molar-refractivity contribution in [3.63, 3.8) is 0 Å². The third-order valence-electron chi connectivity index (χ3n) is 6.17. The quantitative estimate of drug-likeness (QED) is 0.470. The smallest absolute Gasteiger partial charge is 0.233 e. The number of rotatable bonds is 8. The molecule has 2 heterocycles. The van der Waals surface area contributed by atoms with E-state index in [0.717, 1.165) is 6.42 Å². The molecule has 0 unspecified atom stereocenters. The van der Waals surface area contributed by atoms with Gasteiger partial charge in [0.15, 0.2) is 17.6 Å². The van der Waals surface area contributed by atoms with Gasteiger partial charge in [-0.2, -0.15) is 0 Å². The van der Waals surface area contributed by atoms with Crippen LogP contribution in [0.5, 0.6) is 5.88 Å². The number of ether oxygens (including phenoxy) is 2. The first kappa shape index (κ1) is 23.2. The van der Waals surface area contributed by atoms with Gasteiger partial charge in [-0.3, -0.25) is 9.79 Å². The van der Waals surface area contributed by atoms with E-state index in [2.05, 4.69) is 20.9 Å². The molecule has 3 atom stereocenters. The minimum absolute atomic E-state index is 0.0469. The largest absolute Gasteiger partial charge is 0.463 e. The Balaban J connectivity index is 1.59. The number of Topliss-reactive ketones (excluding diaryl/α,β-unsaturated/α-hetero) is 1. The number of methoxy groups -OCH3 is 1. The lowest BCUT2D eigenvalue weighted by Gasteiger charge is -2.34. The van der Waals surface area contributed by atoms with E-state index in [1.165, 1.54) is 24.0 Å². The molecule has 172 valence electrons. The number of carbonyl (C=O) groups is 1. The fourth-order valence-corrected chi connectivity index (χ4v) is 6.04. The lowest BCUT2D eigenvalue weighted by atomic mass is 9.84. The third kappa shape index (κ3) is 4.33. The summed E-state index contributed by atoms with van der Waals surface area (Å²) in [5.41, 5.74) is 7.06. The van der Waals surface area contributed by atoms with Crippen molar-refractivity contribution in [1.82, 2.24) is 9.97 Å². The Morgan fingerprint density at radius 2 is 2.24 bits per heavy atom. The molecule has 1 aliphatic carbocycles. The number of ketones is 1. The lowest BCUT2D eigenvalue weighted by Crippen LogP contribution is -2.37. The van der Waals surface area contributed by atoms with Gasteiger partial charge in [0.2, 0.25) is 5.88 Å². The summed E-state index contributed by atoms with van der Waals surface area (Å²) in [5, 5.41) is 0.419. The van der Waals surface area contributed by atoms with Crippen LogP contribution in [0.15, 0.2) is 29.4 Å². The van der Waals surface area contributed by atoms with E-state index in [0.29, 0.717) is 28.6 Å². The van der Waals surface area contributed by atoms with E-state index >= 15 is 4.39 Å². The molecule has 7 nitrogen and oxygen atoms in total. The van der Waals surface area contributed by atoms with Crippen LogP contribution in [-0.2, 0) is 16.7 Å². The second-order valence-electron chi connectivity index (χ2n) is 8.50. The maximum Gasteiger partial charge on any atom is 0.233 e. The summed E-state index contributed by atoms with van der Waals surface area (Å²) < 4.78 is 25.5. The van der Waals surface area contributed by atoms with Gasteiger partial charge in [0.05, 0.1) is 28.8 Å². The second-order valence-corrected chi connectivity index (χ2v) is 9.94. The molecule has 2 aromatic rings. The molecule has 33 heavy (non-hydrogen) atoms. The van der Waals surface area contributed by atoms with Gasteiger partial charge in [-0.1, -0.05) is 23.7 Å². The highest BCUT2D eigenvalue weighted by molar-refractivity contribution is 8.15. The van der Waals surface area contributed by atoms with Crippen molar-refractivity contribution in [2.45, 2.75) is 37.0 Å². The van der Waals surface area contributed by atoms with E-state index in [1.807, 2.05) is 6.92 Å². The van der Waals surface area contributed by atoms with E-state index in [4.69, 9.17) is 21.6 Å². The van der Waals surface area contributed by atoms with Gasteiger partial charge >= 0.3 is 0 Å². The molecule has 0 spiro atoms. The van der Waals surface area contributed by atoms with Crippen molar-refractivity contribution in [3.05, 3.63) is 52.7 Å². The monoisotopic (exact) mass is 468 g/mol. The summed E-state index contributed by atoms with van der Waals surface area (Å²) in [4.78, 5) is 26.0. The highest BCUT2D eigenvalue weighted by Crippen LogP contribution is 2.65. The Labute approximate surface area is 196 Å². The lowest BCUT2D eigenvalue weighted by molar-refractivity contribution is 0.0986. The van der Waals surface area contributed by atoms with E-state index < -0.39 is 5.54 Å². The predicted octanol–water partition coefficient (Wildman–Crippen LogP) is 3.04. The molecular formula is C24H25FN4O3S. The minimum Gasteiger partial charge on any atom is -0.463 e. The van der Waals surface area contributed by atoms with Crippen LogP contribution in [0.25, 0.3) is 0 Å². The molecule has 4 rings (SSSR count). The van der Waals surface area contributed by atoms with E-state index in [9.17, 15) is 4.79 Å². The van der Waals surface area contributed by atoms with Crippen LogP contribution in [0.3, 0.4) is 0 Å². The average Bonchev–Trinajstić information content (AvgIpc) is 3.48. The van der Waals surface area contributed by atoms with Crippen LogP contribution in [0.4, 0.5) is 4.39 Å². The summed E-state index contributed by atoms with van der Waals surface area (Å²) in [6.45, 7) is 4.17. The van der Waals surface area contributed by atoms with Crippen LogP contribution in [0.1, 0.15) is 40.7 Å². The van der Waals surface area contributed by atoms with Gasteiger partial charge in [0.1, 0.15) is 11.5 Å². The van der Waals surface area contributed by atoms with Crippen molar-refractivity contribution in [2.75, 3.05) is 20.3 Å². The van der Waals surface area contributed by atoms with Crippen LogP contribution in [0.2, 0.25) is 0 Å². The molecule has 0 radical (unpaired) electrons. The highest BCUT2D eigenvalue weighted by Gasteiger charge is 2.66. The van der Waals surface area contributed by atoms with Crippen LogP contribution in [-0.4, -0.2) is 46.0 Å². The molecule has 1 fully saturated rings. The maximum absolute atomic E-state index is 15.0. The zero-order chi connectivity index (χ0) is 23.8. The van der Waals surface area contributed by atoms with Crippen molar-refractivity contribution in [3.8, 4) is 18.2 Å². The maximum atomic E-state index is 15.0. The molecule has 0 bridgehead atoms.